The van der Waals surface area contributed by atoms with Crippen molar-refractivity contribution in [2.75, 3.05) is 40.9 Å². The van der Waals surface area contributed by atoms with Crippen LogP contribution in [0.4, 0.5) is 0 Å². The van der Waals surface area contributed by atoms with E-state index < -0.39 is 62.6 Å². The lowest BCUT2D eigenvalue weighted by atomic mass is 9.87. The van der Waals surface area contributed by atoms with E-state index in [1.807, 2.05) is 27.2 Å². The van der Waals surface area contributed by atoms with Gasteiger partial charge in [-0.2, -0.15) is 0 Å². The van der Waals surface area contributed by atoms with Crippen molar-refractivity contribution in [2.45, 2.75) is 186 Å². The van der Waals surface area contributed by atoms with E-state index in [0.717, 1.165) is 38.5 Å². The maximum absolute atomic E-state index is 13.0. The Morgan fingerprint density at radius 3 is 2.04 bits per heavy atom. The van der Waals surface area contributed by atoms with E-state index in [1.165, 1.54) is 57.8 Å². The minimum Gasteiger partial charge on any atom is -0.756 e. The zero-order valence-corrected chi connectivity index (χ0v) is 36.6. The summed E-state index contributed by atoms with van der Waals surface area (Å²) in [7, 11) is 1.03. The Hall–Kier alpha value is -1.47. The molecule has 0 spiro atoms. The van der Waals surface area contributed by atoms with Gasteiger partial charge in [0.2, 0.25) is 5.91 Å². The number of carbonyl (C=O) groups excluding carboxylic acids is 2. The van der Waals surface area contributed by atoms with Crippen molar-refractivity contribution < 1.29 is 53.0 Å². The second kappa shape index (κ2) is 30.6. The highest BCUT2D eigenvalue weighted by molar-refractivity contribution is 7.45. The Balaban J connectivity index is 2.61. The Morgan fingerprint density at radius 2 is 1.41 bits per heavy atom. The number of nitrogens with one attached hydrogen (secondary N) is 1. The fraction of sp³-hybridized carbons (Fsp3) is 0.860. The highest BCUT2D eigenvalue weighted by atomic mass is 31.2. The zero-order valence-electron chi connectivity index (χ0n) is 35.7. The van der Waals surface area contributed by atoms with Gasteiger partial charge in [0.15, 0.2) is 0 Å². The summed E-state index contributed by atoms with van der Waals surface area (Å²) in [5, 5.41) is 45.0. The molecule has 8 atom stereocenters. The lowest BCUT2D eigenvalue weighted by molar-refractivity contribution is -0.870. The van der Waals surface area contributed by atoms with Gasteiger partial charge in [-0.15, -0.1) is 0 Å². The highest BCUT2D eigenvalue weighted by Gasteiger charge is 2.41. The SMILES string of the molecule is CCCCCCCCCCCCC/C=C/[C@@H](O)[C@H](COP(=O)([O-])OCC[N+](C)(C)C)NC(=O)CCCCC(=O)C[C@@H]1[C@@H](/C=C/[C@@H](O)CCCCC)[C@H](O)C[C@@H]1O. The monoisotopic (exact) mass is 817 g/mol. The predicted octanol–water partition coefficient (Wildman–Crippen LogP) is 6.67. The van der Waals surface area contributed by atoms with Crippen molar-refractivity contribution in [3.63, 3.8) is 0 Å². The van der Waals surface area contributed by atoms with Gasteiger partial charge in [0, 0.05) is 37.5 Å². The van der Waals surface area contributed by atoms with Gasteiger partial charge in [-0.05, 0) is 32.1 Å². The smallest absolute Gasteiger partial charge is 0.268 e. The molecule has 13 heteroatoms. The summed E-state index contributed by atoms with van der Waals surface area (Å²) in [6, 6.07) is -1.03. The number of aliphatic hydroxyl groups is 4. The van der Waals surface area contributed by atoms with Gasteiger partial charge in [0.25, 0.3) is 7.82 Å². The van der Waals surface area contributed by atoms with Crippen molar-refractivity contribution >= 4 is 19.5 Å². The summed E-state index contributed by atoms with van der Waals surface area (Å²) in [5.41, 5.74) is 0. The third kappa shape index (κ3) is 26.5. The molecule has 1 fully saturated rings. The van der Waals surface area contributed by atoms with Crippen molar-refractivity contribution in [2.24, 2.45) is 11.8 Å². The third-order valence-corrected chi connectivity index (χ3v) is 11.6. The molecule has 0 saturated heterocycles. The van der Waals surface area contributed by atoms with Crippen molar-refractivity contribution in [1.29, 1.82) is 0 Å². The number of nitrogens with zero attached hydrogens (tertiary/aromatic N) is 1. The Morgan fingerprint density at radius 1 is 0.821 bits per heavy atom. The van der Waals surface area contributed by atoms with Gasteiger partial charge in [-0.3, -0.25) is 14.2 Å². The maximum Gasteiger partial charge on any atom is 0.268 e. The molecule has 0 aliphatic heterocycles. The fourth-order valence-corrected chi connectivity index (χ4v) is 7.75. The van der Waals surface area contributed by atoms with Crippen molar-refractivity contribution in [1.82, 2.24) is 5.32 Å². The predicted molar refractivity (Wildman–Crippen MR) is 222 cm³/mol. The lowest BCUT2D eigenvalue weighted by Gasteiger charge is -2.29. The first-order valence-electron chi connectivity index (χ1n) is 21.9. The zero-order chi connectivity index (χ0) is 41.8. The first-order valence-corrected chi connectivity index (χ1v) is 23.3. The van der Waals surface area contributed by atoms with Crippen LogP contribution in [0.1, 0.15) is 155 Å². The number of quaternary nitrogens is 1. The number of unbranched alkanes of at least 4 members (excludes halogenated alkanes) is 14. The molecular formula is C43H81N2O10P. The molecule has 0 bridgehead atoms. The van der Waals surface area contributed by atoms with E-state index in [4.69, 9.17) is 9.05 Å². The molecule has 5 N–H and O–H groups in total. The molecule has 0 aromatic carbocycles. The lowest BCUT2D eigenvalue weighted by Crippen LogP contribution is -2.45. The van der Waals surface area contributed by atoms with Gasteiger partial charge in [0.05, 0.1) is 58.2 Å². The molecule has 1 amide bonds. The van der Waals surface area contributed by atoms with Crippen LogP contribution in [0.5, 0.6) is 0 Å². The Labute approximate surface area is 339 Å². The number of likely N-dealkylation sites (N-methyl/N-ethyl adjacent to an activating group) is 1. The number of carbonyl (C=O) groups is 2. The fourth-order valence-electron chi connectivity index (χ4n) is 7.03. The number of allylic oxidation sites excluding steroid dienone is 1. The van der Waals surface area contributed by atoms with E-state index in [2.05, 4.69) is 19.2 Å². The van der Waals surface area contributed by atoms with Crippen LogP contribution in [0.25, 0.3) is 0 Å². The number of ketones is 1. The van der Waals surface area contributed by atoms with Crippen LogP contribution in [0, 0.1) is 11.8 Å². The molecule has 1 saturated carbocycles. The molecule has 1 aliphatic rings. The van der Waals surface area contributed by atoms with E-state index >= 15 is 0 Å². The van der Waals surface area contributed by atoms with E-state index in [1.54, 1.807) is 18.2 Å². The summed E-state index contributed by atoms with van der Waals surface area (Å²) in [6.45, 7) is 4.19. The summed E-state index contributed by atoms with van der Waals surface area (Å²) in [6.07, 6.45) is 22.7. The van der Waals surface area contributed by atoms with E-state index in [0.29, 0.717) is 30.3 Å². The van der Waals surface area contributed by atoms with Gasteiger partial charge in [-0.25, -0.2) is 0 Å². The molecule has 0 aromatic rings. The molecule has 12 nitrogen and oxygen atoms in total. The molecular weight excluding hydrogens is 735 g/mol. The minimum atomic E-state index is -4.69. The third-order valence-electron chi connectivity index (χ3n) is 10.6. The number of Topliss-reactive ketones (excluding diaryl/α,β-unsaturated/α-hetero) is 1. The largest absolute Gasteiger partial charge is 0.756 e. The van der Waals surface area contributed by atoms with Gasteiger partial charge in [-0.1, -0.05) is 122 Å². The second-order valence-electron chi connectivity index (χ2n) is 17.0. The van der Waals surface area contributed by atoms with Gasteiger partial charge in [0.1, 0.15) is 18.9 Å². The summed E-state index contributed by atoms with van der Waals surface area (Å²) in [5.74, 6) is -1.36. The quantitative estimate of drug-likeness (QED) is 0.0200. The highest BCUT2D eigenvalue weighted by Crippen LogP contribution is 2.39. The number of hydrogen-bond acceptors (Lipinski definition) is 10. The van der Waals surface area contributed by atoms with E-state index in [9.17, 15) is 39.5 Å². The first-order chi connectivity index (χ1) is 26.6. The van der Waals surface area contributed by atoms with Crippen LogP contribution >= 0.6 is 7.82 Å². The van der Waals surface area contributed by atoms with Crippen LogP contribution in [-0.2, 0) is 23.2 Å². The van der Waals surface area contributed by atoms with Crippen LogP contribution in [0.3, 0.4) is 0 Å². The molecule has 1 unspecified atom stereocenters. The summed E-state index contributed by atoms with van der Waals surface area (Å²) >= 11 is 0. The summed E-state index contributed by atoms with van der Waals surface area (Å²) < 4.78 is 23.1. The van der Waals surface area contributed by atoms with Crippen molar-refractivity contribution in [3.05, 3.63) is 24.3 Å². The van der Waals surface area contributed by atoms with Gasteiger partial charge < -0.3 is 44.2 Å². The molecule has 328 valence electrons. The van der Waals surface area contributed by atoms with Crippen LogP contribution < -0.4 is 10.2 Å². The maximum atomic E-state index is 13.0. The molecule has 0 radical (unpaired) electrons. The van der Waals surface area contributed by atoms with Crippen LogP contribution in [0.2, 0.25) is 0 Å². The summed E-state index contributed by atoms with van der Waals surface area (Å²) in [4.78, 5) is 38.3. The normalized spacial score (nSPS) is 21.8. The Kier molecular flexibility index (Phi) is 28.7. The number of amides is 1. The van der Waals surface area contributed by atoms with Gasteiger partial charge >= 0.3 is 0 Å². The second-order valence-corrected chi connectivity index (χ2v) is 18.4. The topological polar surface area (TPSA) is 186 Å². The Bertz CT molecular complexity index is 1150. The molecule has 1 aliphatic carbocycles. The number of phosphoric acid groups is 1. The van der Waals surface area contributed by atoms with Crippen molar-refractivity contribution in [3.8, 4) is 0 Å². The molecule has 0 aromatic heterocycles. The van der Waals surface area contributed by atoms with Crippen LogP contribution in [-0.4, -0.2) is 108 Å². The molecule has 1 rings (SSSR count). The number of hydrogen-bond donors (Lipinski definition) is 5. The standard InChI is InChI=1S/C43H81N2O10P/c1-6-8-10-11-12-13-14-15-16-17-18-19-21-26-40(48)39(34-55-56(52,53)54-31-30-45(3,4)5)44-43(51)27-23-22-25-36(47)32-38-37(41(49)33-42(38)50)29-28-35(46)24-20-9-7-2/h21,26,28-29,35,37-42,46,48-50H,6-20,22-25,27,30-34H2,1-5H3,(H-,44,51,52,53)/b26-21+,29-28+/t35-,37+,38+,39-,40+,41+,42-/m0/s1. The van der Waals surface area contributed by atoms with E-state index in [-0.39, 0.29) is 38.1 Å². The number of aliphatic hydroxyl groups excluding tert-OH is 4. The average Bonchev–Trinajstić information content (AvgIpc) is 3.39. The average molecular weight is 817 g/mol. The molecule has 0 heterocycles. The number of phosphoric ester groups is 1. The van der Waals surface area contributed by atoms with Crippen LogP contribution in [0.15, 0.2) is 24.3 Å². The number of rotatable bonds is 35. The first kappa shape index (κ1) is 52.5. The minimum absolute atomic E-state index is 0.0556. The molecule has 56 heavy (non-hydrogen) atoms.